The number of benzene rings is 3. The normalized spacial score (nSPS) is 12.5. The van der Waals surface area contributed by atoms with E-state index in [-0.39, 0.29) is 6.04 Å². The standard InChI is InChI=1S/C30H31N3P/c1-21-18-27-28(19-22(21)2)33(4)30(32-27)20-31-23(3)26-16-11-17-29(26)34(24-12-7-5-8-13-24)25-14-9-6-10-15-25/h5-19,23,31H,20H2,1-4H3/q-1/t23-/m0/s1. The van der Waals surface area contributed by atoms with Crippen LogP contribution in [-0.4, -0.2) is 9.55 Å². The average Bonchev–Trinajstić information content (AvgIpc) is 3.45. The molecule has 172 valence electrons. The fourth-order valence-corrected chi connectivity index (χ4v) is 7.14. The molecule has 0 aliphatic carbocycles. The zero-order valence-electron chi connectivity index (χ0n) is 20.3. The Morgan fingerprint density at radius 3 is 2.15 bits per heavy atom. The first-order valence-electron chi connectivity index (χ1n) is 11.8. The summed E-state index contributed by atoms with van der Waals surface area (Å²) in [7, 11) is 1.50. The fraction of sp³-hybridized carbons (Fsp3) is 0.200. The molecular formula is C30H31N3P-. The molecular weight excluding hydrogens is 433 g/mol. The molecule has 1 atom stereocenters. The number of rotatable bonds is 7. The molecule has 0 aliphatic heterocycles. The number of hydrogen-bond acceptors (Lipinski definition) is 2. The van der Waals surface area contributed by atoms with Crippen LogP contribution in [0.2, 0.25) is 0 Å². The van der Waals surface area contributed by atoms with E-state index in [1.54, 1.807) is 0 Å². The smallest absolute Gasteiger partial charge is 0.123 e. The maximum Gasteiger partial charge on any atom is 0.123 e. The van der Waals surface area contributed by atoms with E-state index in [9.17, 15) is 0 Å². The Hall–Kier alpha value is -3.13. The van der Waals surface area contributed by atoms with Crippen molar-refractivity contribution in [1.29, 1.82) is 0 Å². The Balaban J connectivity index is 1.43. The van der Waals surface area contributed by atoms with Crippen molar-refractivity contribution in [2.24, 2.45) is 7.05 Å². The first-order chi connectivity index (χ1) is 16.5. The Labute approximate surface area is 203 Å². The first-order valence-corrected chi connectivity index (χ1v) is 13.2. The van der Waals surface area contributed by atoms with E-state index in [1.807, 2.05) is 0 Å². The third-order valence-corrected chi connectivity index (χ3v) is 9.24. The van der Waals surface area contributed by atoms with Crippen molar-refractivity contribution in [2.75, 3.05) is 0 Å². The molecule has 4 aromatic carbocycles. The van der Waals surface area contributed by atoms with Crippen LogP contribution in [0.4, 0.5) is 0 Å². The number of nitrogens with zero attached hydrogens (tertiary/aromatic N) is 2. The van der Waals surface area contributed by atoms with Crippen LogP contribution in [0.15, 0.2) is 91.0 Å². The van der Waals surface area contributed by atoms with Gasteiger partial charge in [0.1, 0.15) is 5.82 Å². The van der Waals surface area contributed by atoms with Gasteiger partial charge >= 0.3 is 0 Å². The topological polar surface area (TPSA) is 29.9 Å². The van der Waals surface area contributed by atoms with Crippen LogP contribution in [0, 0.1) is 13.8 Å². The highest BCUT2D eigenvalue weighted by Gasteiger charge is 2.18. The van der Waals surface area contributed by atoms with Crippen molar-refractivity contribution in [3.63, 3.8) is 0 Å². The highest BCUT2D eigenvalue weighted by Crippen LogP contribution is 2.36. The molecule has 0 radical (unpaired) electrons. The molecule has 0 fully saturated rings. The average molecular weight is 465 g/mol. The molecule has 5 rings (SSSR count). The van der Waals surface area contributed by atoms with Crippen molar-refractivity contribution < 1.29 is 0 Å². The number of aromatic nitrogens is 2. The molecule has 0 spiro atoms. The third-order valence-electron chi connectivity index (χ3n) is 6.72. The third kappa shape index (κ3) is 4.34. The highest BCUT2D eigenvalue weighted by molar-refractivity contribution is 7.79. The number of fused-ring (bicyclic) bond motifs is 1. The molecule has 5 aromatic rings. The minimum atomic E-state index is -0.618. The lowest BCUT2D eigenvalue weighted by Gasteiger charge is -2.28. The van der Waals surface area contributed by atoms with Crippen molar-refractivity contribution in [3.05, 3.63) is 114 Å². The highest BCUT2D eigenvalue weighted by atomic mass is 31.1. The monoisotopic (exact) mass is 464 g/mol. The molecule has 1 N–H and O–H groups in total. The van der Waals surface area contributed by atoms with Gasteiger partial charge in [-0.25, -0.2) is 17.1 Å². The lowest BCUT2D eigenvalue weighted by molar-refractivity contribution is 0.554. The summed E-state index contributed by atoms with van der Waals surface area (Å²) >= 11 is 0. The Morgan fingerprint density at radius 1 is 0.882 bits per heavy atom. The van der Waals surface area contributed by atoms with E-state index in [0.717, 1.165) is 17.9 Å². The van der Waals surface area contributed by atoms with Crippen molar-refractivity contribution >= 4 is 34.9 Å². The van der Waals surface area contributed by atoms with Crippen LogP contribution < -0.4 is 21.2 Å². The summed E-state index contributed by atoms with van der Waals surface area (Å²) in [4.78, 5) is 4.92. The predicted molar refractivity (Wildman–Crippen MR) is 146 cm³/mol. The number of aryl methyl sites for hydroxylation is 3. The van der Waals surface area contributed by atoms with Crippen molar-refractivity contribution in [1.82, 2.24) is 14.9 Å². The lowest BCUT2D eigenvalue weighted by Crippen LogP contribution is -2.27. The Kier molecular flexibility index (Phi) is 6.41. The Morgan fingerprint density at radius 2 is 1.50 bits per heavy atom. The number of imidazole rings is 1. The summed E-state index contributed by atoms with van der Waals surface area (Å²) < 4.78 is 2.22. The molecule has 4 heteroatoms. The van der Waals surface area contributed by atoms with Crippen LogP contribution in [0.1, 0.15) is 35.5 Å². The summed E-state index contributed by atoms with van der Waals surface area (Å²) in [6.45, 7) is 7.30. The quantitative estimate of drug-likeness (QED) is 0.254. The lowest BCUT2D eigenvalue weighted by atomic mass is 10.1. The minimum Gasteiger partial charge on any atom is -0.330 e. The zero-order chi connectivity index (χ0) is 23.7. The molecule has 0 amide bonds. The molecule has 0 saturated carbocycles. The molecule has 1 aromatic heterocycles. The first kappa shape index (κ1) is 22.7. The number of nitrogens with one attached hydrogen (secondary N) is 1. The van der Waals surface area contributed by atoms with Gasteiger partial charge in [-0.3, -0.25) is 0 Å². The van der Waals surface area contributed by atoms with Crippen LogP contribution in [-0.2, 0) is 13.6 Å². The van der Waals surface area contributed by atoms with Gasteiger partial charge in [0.15, 0.2) is 0 Å². The van der Waals surface area contributed by atoms with Crippen LogP contribution in [0.3, 0.4) is 0 Å². The van der Waals surface area contributed by atoms with Crippen LogP contribution in [0.5, 0.6) is 0 Å². The van der Waals surface area contributed by atoms with Gasteiger partial charge in [0.2, 0.25) is 0 Å². The Bertz CT molecular complexity index is 1360. The van der Waals surface area contributed by atoms with Gasteiger partial charge in [-0.05, 0) is 61.7 Å². The summed E-state index contributed by atoms with van der Waals surface area (Å²) in [5.41, 5.74) is 6.22. The summed E-state index contributed by atoms with van der Waals surface area (Å²) in [5.74, 6) is 1.06. The second-order valence-corrected chi connectivity index (χ2v) is 11.2. The van der Waals surface area contributed by atoms with E-state index < -0.39 is 7.92 Å². The second kappa shape index (κ2) is 9.62. The van der Waals surface area contributed by atoms with Gasteiger partial charge in [-0.2, -0.15) is 6.07 Å². The van der Waals surface area contributed by atoms with E-state index in [2.05, 4.69) is 129 Å². The van der Waals surface area contributed by atoms with Gasteiger partial charge in [0, 0.05) is 7.05 Å². The van der Waals surface area contributed by atoms with Crippen molar-refractivity contribution in [3.8, 4) is 0 Å². The van der Waals surface area contributed by atoms with Crippen LogP contribution >= 0.6 is 7.92 Å². The summed E-state index contributed by atoms with van der Waals surface area (Å²) in [6, 6.07) is 33.2. The molecule has 1 heterocycles. The molecule has 0 aliphatic rings. The van der Waals surface area contributed by atoms with Gasteiger partial charge in [-0.1, -0.05) is 67.6 Å². The van der Waals surface area contributed by atoms with Gasteiger partial charge in [0.05, 0.1) is 17.6 Å². The van der Waals surface area contributed by atoms with Gasteiger partial charge in [-0.15, -0.1) is 10.9 Å². The fourth-order valence-electron chi connectivity index (χ4n) is 4.59. The summed E-state index contributed by atoms with van der Waals surface area (Å²) in [5, 5.41) is 7.94. The SMILES string of the molecule is Cc1cc2nc(CN[C@@H](C)[c-]3cccc3P(c3ccccc3)c3ccccc3)n(C)c2cc1C. The molecule has 0 unspecified atom stereocenters. The van der Waals surface area contributed by atoms with E-state index in [4.69, 9.17) is 4.98 Å². The maximum atomic E-state index is 4.92. The minimum absolute atomic E-state index is 0.214. The predicted octanol–water partition coefficient (Wildman–Crippen LogP) is 5.52. The van der Waals surface area contributed by atoms with Crippen LogP contribution in [0.25, 0.3) is 11.0 Å². The largest absolute Gasteiger partial charge is 0.330 e. The molecule has 0 saturated heterocycles. The van der Waals surface area contributed by atoms with Gasteiger partial charge < -0.3 is 9.88 Å². The molecule has 0 bridgehead atoms. The zero-order valence-corrected chi connectivity index (χ0v) is 21.2. The van der Waals surface area contributed by atoms with E-state index >= 15 is 0 Å². The number of hydrogen-bond donors (Lipinski definition) is 1. The van der Waals surface area contributed by atoms with Gasteiger partial charge in [0.25, 0.3) is 0 Å². The second-order valence-electron chi connectivity index (χ2n) is 8.99. The maximum absolute atomic E-state index is 4.92. The van der Waals surface area contributed by atoms with E-state index in [0.29, 0.717) is 0 Å². The molecule has 3 nitrogen and oxygen atoms in total. The summed E-state index contributed by atoms with van der Waals surface area (Å²) in [6.07, 6.45) is 0. The molecule has 34 heavy (non-hydrogen) atoms. The van der Waals surface area contributed by atoms with Crippen molar-refractivity contribution in [2.45, 2.75) is 33.4 Å². The van der Waals surface area contributed by atoms with E-state index in [1.165, 1.54) is 38.1 Å².